The van der Waals surface area contributed by atoms with Crippen LogP contribution in [0.1, 0.15) is 46.6 Å². The molecule has 0 amide bonds. The van der Waals surface area contributed by atoms with Crippen LogP contribution in [0.15, 0.2) is 18.2 Å². The molecule has 0 aromatic heterocycles. The van der Waals surface area contributed by atoms with Gasteiger partial charge in [0.15, 0.2) is 11.5 Å². The van der Waals surface area contributed by atoms with Crippen molar-refractivity contribution in [2.24, 2.45) is 5.92 Å². The molecule has 1 unspecified atom stereocenters. The van der Waals surface area contributed by atoms with E-state index in [2.05, 4.69) is 52.1 Å². The number of para-hydroxylation sites is 1. The highest BCUT2D eigenvalue weighted by Gasteiger charge is 2.33. The molecule has 0 saturated carbocycles. The lowest BCUT2D eigenvalue weighted by molar-refractivity contribution is 0.113. The first kappa shape index (κ1) is 16.2. The second-order valence-electron chi connectivity index (χ2n) is 6.89. The highest BCUT2D eigenvalue weighted by atomic mass is 16.5. The smallest absolute Gasteiger partial charge is 0.165 e. The van der Waals surface area contributed by atoms with Crippen molar-refractivity contribution < 1.29 is 9.47 Å². The zero-order chi connectivity index (χ0) is 15.5. The Morgan fingerprint density at radius 1 is 1.33 bits per heavy atom. The van der Waals surface area contributed by atoms with Gasteiger partial charge in [0.2, 0.25) is 0 Å². The van der Waals surface area contributed by atoms with Crippen LogP contribution in [0.5, 0.6) is 11.5 Å². The molecule has 0 bridgehead atoms. The maximum atomic E-state index is 6.27. The molecule has 0 spiro atoms. The van der Waals surface area contributed by atoms with Crippen molar-refractivity contribution in [1.82, 2.24) is 5.32 Å². The fourth-order valence-electron chi connectivity index (χ4n) is 2.68. The van der Waals surface area contributed by atoms with E-state index in [4.69, 9.17) is 9.47 Å². The van der Waals surface area contributed by atoms with Crippen LogP contribution < -0.4 is 14.8 Å². The Morgan fingerprint density at radius 3 is 2.76 bits per heavy atom. The lowest BCUT2D eigenvalue weighted by atomic mass is 10.0. The Morgan fingerprint density at radius 2 is 2.10 bits per heavy atom. The SMILES string of the molecule is CCCNCC(Oc1cccc2c1OC(C)(C)C2)C(C)C. The summed E-state index contributed by atoms with van der Waals surface area (Å²) in [7, 11) is 0. The first-order chi connectivity index (χ1) is 9.93. The fraction of sp³-hybridized carbons (Fsp3) is 0.667. The van der Waals surface area contributed by atoms with Crippen molar-refractivity contribution in [2.75, 3.05) is 13.1 Å². The van der Waals surface area contributed by atoms with Gasteiger partial charge in [-0.25, -0.2) is 0 Å². The second kappa shape index (κ2) is 6.69. The summed E-state index contributed by atoms with van der Waals surface area (Å²) in [5.74, 6) is 2.28. The van der Waals surface area contributed by atoms with Crippen LogP contribution in [0.25, 0.3) is 0 Å². The lowest BCUT2D eigenvalue weighted by Crippen LogP contribution is -2.36. The molecule has 0 aliphatic carbocycles. The molecular weight excluding hydrogens is 262 g/mol. The van der Waals surface area contributed by atoms with Gasteiger partial charge < -0.3 is 14.8 Å². The summed E-state index contributed by atoms with van der Waals surface area (Å²) in [6.45, 7) is 12.7. The molecule has 1 aromatic carbocycles. The molecule has 118 valence electrons. The Kier molecular flexibility index (Phi) is 5.15. The lowest BCUT2D eigenvalue weighted by Gasteiger charge is -2.25. The molecule has 3 nitrogen and oxygen atoms in total. The van der Waals surface area contributed by atoms with E-state index < -0.39 is 0 Å². The highest BCUT2D eigenvalue weighted by molar-refractivity contribution is 5.50. The molecule has 1 atom stereocenters. The van der Waals surface area contributed by atoms with E-state index in [-0.39, 0.29) is 11.7 Å². The zero-order valence-corrected chi connectivity index (χ0v) is 14.0. The van der Waals surface area contributed by atoms with Crippen LogP contribution in [0.3, 0.4) is 0 Å². The molecule has 0 saturated heterocycles. The van der Waals surface area contributed by atoms with Crippen molar-refractivity contribution in [1.29, 1.82) is 0 Å². The second-order valence-corrected chi connectivity index (χ2v) is 6.89. The van der Waals surface area contributed by atoms with Gasteiger partial charge in [-0.15, -0.1) is 0 Å². The molecule has 1 aliphatic heterocycles. The van der Waals surface area contributed by atoms with Crippen molar-refractivity contribution in [2.45, 2.75) is 59.2 Å². The van der Waals surface area contributed by atoms with E-state index >= 15 is 0 Å². The first-order valence-electron chi connectivity index (χ1n) is 8.11. The molecule has 1 heterocycles. The van der Waals surface area contributed by atoms with E-state index in [0.29, 0.717) is 5.92 Å². The topological polar surface area (TPSA) is 30.5 Å². The van der Waals surface area contributed by atoms with Gasteiger partial charge in [0.25, 0.3) is 0 Å². The summed E-state index contributed by atoms with van der Waals surface area (Å²) < 4.78 is 12.4. The van der Waals surface area contributed by atoms with Gasteiger partial charge in [0.1, 0.15) is 11.7 Å². The van der Waals surface area contributed by atoms with Gasteiger partial charge in [-0.3, -0.25) is 0 Å². The minimum absolute atomic E-state index is 0.129. The number of fused-ring (bicyclic) bond motifs is 1. The van der Waals surface area contributed by atoms with Gasteiger partial charge in [0.05, 0.1) is 0 Å². The summed E-state index contributed by atoms with van der Waals surface area (Å²) in [5.41, 5.74) is 1.12. The molecule has 1 aromatic rings. The average Bonchev–Trinajstić information content (AvgIpc) is 2.72. The van der Waals surface area contributed by atoms with Crippen LogP contribution >= 0.6 is 0 Å². The first-order valence-corrected chi connectivity index (χ1v) is 8.11. The maximum absolute atomic E-state index is 6.27. The van der Waals surface area contributed by atoms with Gasteiger partial charge in [-0.05, 0) is 38.8 Å². The van der Waals surface area contributed by atoms with Crippen LogP contribution in [0, 0.1) is 5.92 Å². The number of ether oxygens (including phenoxy) is 2. The Balaban J connectivity index is 2.10. The largest absolute Gasteiger partial charge is 0.485 e. The molecule has 3 heteroatoms. The molecule has 1 aliphatic rings. The normalized spacial score (nSPS) is 17.4. The minimum atomic E-state index is -0.129. The fourth-order valence-corrected chi connectivity index (χ4v) is 2.68. The van der Waals surface area contributed by atoms with E-state index in [0.717, 1.165) is 37.4 Å². The summed E-state index contributed by atoms with van der Waals surface area (Å²) in [5, 5.41) is 3.45. The van der Waals surface area contributed by atoms with E-state index in [1.807, 2.05) is 6.07 Å². The third-order valence-corrected chi connectivity index (χ3v) is 3.85. The van der Waals surface area contributed by atoms with Crippen LogP contribution in [-0.4, -0.2) is 24.8 Å². The molecule has 0 fully saturated rings. The Bertz CT molecular complexity index is 468. The average molecular weight is 291 g/mol. The van der Waals surface area contributed by atoms with Crippen molar-refractivity contribution in [3.8, 4) is 11.5 Å². The van der Waals surface area contributed by atoms with E-state index in [9.17, 15) is 0 Å². The summed E-state index contributed by atoms with van der Waals surface area (Å²) >= 11 is 0. The number of benzene rings is 1. The zero-order valence-electron chi connectivity index (χ0n) is 14.0. The monoisotopic (exact) mass is 291 g/mol. The summed E-state index contributed by atoms with van der Waals surface area (Å²) in [4.78, 5) is 0. The van der Waals surface area contributed by atoms with Crippen molar-refractivity contribution in [3.05, 3.63) is 23.8 Å². The Labute approximate surface area is 129 Å². The molecule has 0 radical (unpaired) electrons. The molecule has 2 rings (SSSR count). The predicted octanol–water partition coefficient (Wildman–Crippen LogP) is 3.80. The van der Waals surface area contributed by atoms with Crippen LogP contribution in [0.2, 0.25) is 0 Å². The van der Waals surface area contributed by atoms with Gasteiger partial charge in [-0.1, -0.05) is 32.9 Å². The van der Waals surface area contributed by atoms with E-state index in [1.165, 1.54) is 5.56 Å². The molecule has 1 N–H and O–H groups in total. The summed E-state index contributed by atoms with van der Waals surface area (Å²) in [6, 6.07) is 6.22. The van der Waals surface area contributed by atoms with Gasteiger partial charge >= 0.3 is 0 Å². The van der Waals surface area contributed by atoms with Crippen LogP contribution in [-0.2, 0) is 6.42 Å². The molecule has 21 heavy (non-hydrogen) atoms. The third kappa shape index (κ3) is 4.13. The predicted molar refractivity (Wildman–Crippen MR) is 87.3 cm³/mol. The van der Waals surface area contributed by atoms with E-state index in [1.54, 1.807) is 0 Å². The van der Waals surface area contributed by atoms with Gasteiger partial charge in [0, 0.05) is 18.5 Å². The molecular formula is C18H29NO2. The third-order valence-electron chi connectivity index (χ3n) is 3.85. The highest BCUT2D eigenvalue weighted by Crippen LogP contribution is 2.42. The Hall–Kier alpha value is -1.22. The quantitative estimate of drug-likeness (QED) is 0.775. The standard InChI is InChI=1S/C18H29NO2/c1-6-10-19-12-16(13(2)3)20-15-9-7-8-14-11-18(4,5)21-17(14)15/h7-9,13,16,19H,6,10-12H2,1-5H3. The summed E-state index contributed by atoms with van der Waals surface area (Å²) in [6.07, 6.45) is 2.25. The number of nitrogens with one attached hydrogen (secondary N) is 1. The van der Waals surface area contributed by atoms with Crippen molar-refractivity contribution >= 4 is 0 Å². The number of hydrogen-bond acceptors (Lipinski definition) is 3. The minimum Gasteiger partial charge on any atom is -0.485 e. The number of hydrogen-bond donors (Lipinski definition) is 1. The van der Waals surface area contributed by atoms with Crippen molar-refractivity contribution in [3.63, 3.8) is 0 Å². The number of rotatable bonds is 7. The van der Waals surface area contributed by atoms with Gasteiger partial charge in [-0.2, -0.15) is 0 Å². The van der Waals surface area contributed by atoms with Crippen LogP contribution in [0.4, 0.5) is 0 Å². The maximum Gasteiger partial charge on any atom is 0.165 e.